The van der Waals surface area contributed by atoms with Crippen LogP contribution in [0.5, 0.6) is 0 Å². The van der Waals surface area contributed by atoms with Crippen LogP contribution >= 0.6 is 0 Å². The molecule has 0 atom stereocenters. The second-order valence-electron chi connectivity index (χ2n) is 7.59. The Balaban J connectivity index is 1.82. The molecule has 0 bridgehead atoms. The standard InChI is InChI=1S/C18H21FN4O3/c1-18(2,3)17-20-14-6-7-22(10-12(14)16(24)21-17)9-11-4-5-13(19)15(8-11)23(25)26/h4-5,8H,6-7,9-10H2,1-3H3,(H,20,21,24). The Labute approximate surface area is 150 Å². The van der Waals surface area contributed by atoms with Gasteiger partial charge in [-0.15, -0.1) is 0 Å². The van der Waals surface area contributed by atoms with Crippen LogP contribution in [-0.2, 0) is 24.9 Å². The first kappa shape index (κ1) is 18.2. The van der Waals surface area contributed by atoms with Gasteiger partial charge in [0, 0.05) is 37.5 Å². The molecule has 1 aliphatic rings. The van der Waals surface area contributed by atoms with Crippen LogP contribution in [0.1, 0.15) is 43.4 Å². The van der Waals surface area contributed by atoms with Crippen molar-refractivity contribution in [2.75, 3.05) is 6.54 Å². The van der Waals surface area contributed by atoms with Crippen LogP contribution in [-0.4, -0.2) is 26.3 Å². The number of aromatic amines is 1. The van der Waals surface area contributed by atoms with Crippen molar-refractivity contribution in [3.63, 3.8) is 0 Å². The molecule has 0 amide bonds. The van der Waals surface area contributed by atoms with Crippen molar-refractivity contribution in [2.45, 2.75) is 45.7 Å². The first-order valence-corrected chi connectivity index (χ1v) is 8.43. The third kappa shape index (κ3) is 3.65. The van der Waals surface area contributed by atoms with E-state index in [0.717, 1.165) is 11.8 Å². The molecule has 3 rings (SSSR count). The lowest BCUT2D eigenvalue weighted by Gasteiger charge is -2.29. The molecule has 1 aromatic heterocycles. The minimum absolute atomic E-state index is 0.144. The molecule has 0 saturated heterocycles. The van der Waals surface area contributed by atoms with Gasteiger partial charge in [0.15, 0.2) is 0 Å². The molecule has 138 valence electrons. The fourth-order valence-corrected chi connectivity index (χ4v) is 3.03. The van der Waals surface area contributed by atoms with Crippen molar-refractivity contribution in [2.24, 2.45) is 0 Å². The number of nitro groups is 1. The molecule has 1 aliphatic heterocycles. The number of H-pyrrole nitrogens is 1. The van der Waals surface area contributed by atoms with E-state index in [1.165, 1.54) is 12.1 Å². The molecule has 0 unspecified atom stereocenters. The average molecular weight is 360 g/mol. The Morgan fingerprint density at radius 1 is 1.38 bits per heavy atom. The normalized spacial score (nSPS) is 14.9. The van der Waals surface area contributed by atoms with Gasteiger partial charge in [0.25, 0.3) is 5.56 Å². The molecule has 2 heterocycles. The Bertz CT molecular complexity index is 918. The molecule has 0 saturated carbocycles. The molecule has 8 heteroatoms. The van der Waals surface area contributed by atoms with Crippen LogP contribution in [0.2, 0.25) is 0 Å². The molecule has 0 fully saturated rings. The summed E-state index contributed by atoms with van der Waals surface area (Å²) in [6.07, 6.45) is 0.631. The highest BCUT2D eigenvalue weighted by atomic mass is 19.1. The number of fused-ring (bicyclic) bond motifs is 1. The summed E-state index contributed by atoms with van der Waals surface area (Å²) in [6.45, 7) is 7.48. The molecule has 1 aromatic carbocycles. The number of aromatic nitrogens is 2. The van der Waals surface area contributed by atoms with Gasteiger partial charge in [0.05, 0.1) is 16.2 Å². The summed E-state index contributed by atoms with van der Waals surface area (Å²) in [5, 5.41) is 10.9. The van der Waals surface area contributed by atoms with Crippen LogP contribution in [0.3, 0.4) is 0 Å². The highest BCUT2D eigenvalue weighted by Gasteiger charge is 2.25. The third-order valence-corrected chi connectivity index (χ3v) is 4.47. The maximum Gasteiger partial charge on any atom is 0.305 e. The summed E-state index contributed by atoms with van der Waals surface area (Å²) in [5.74, 6) is -0.179. The van der Waals surface area contributed by atoms with Gasteiger partial charge in [0.2, 0.25) is 5.82 Å². The minimum atomic E-state index is -0.849. The number of benzene rings is 1. The van der Waals surface area contributed by atoms with Crippen LogP contribution < -0.4 is 5.56 Å². The maximum absolute atomic E-state index is 13.5. The molecular weight excluding hydrogens is 339 g/mol. The lowest BCUT2D eigenvalue weighted by atomic mass is 9.95. The van der Waals surface area contributed by atoms with Gasteiger partial charge < -0.3 is 4.98 Å². The largest absolute Gasteiger partial charge is 0.310 e. The minimum Gasteiger partial charge on any atom is -0.310 e. The molecule has 2 aromatic rings. The summed E-state index contributed by atoms with van der Waals surface area (Å²) in [7, 11) is 0. The number of hydrogen-bond acceptors (Lipinski definition) is 5. The Morgan fingerprint density at radius 2 is 2.12 bits per heavy atom. The highest BCUT2D eigenvalue weighted by molar-refractivity contribution is 5.36. The van der Waals surface area contributed by atoms with Gasteiger partial charge in [-0.1, -0.05) is 26.8 Å². The molecule has 0 radical (unpaired) electrons. The first-order valence-electron chi connectivity index (χ1n) is 8.43. The topological polar surface area (TPSA) is 92.1 Å². The third-order valence-electron chi connectivity index (χ3n) is 4.47. The van der Waals surface area contributed by atoms with E-state index in [1.54, 1.807) is 0 Å². The molecule has 0 spiro atoms. The molecule has 26 heavy (non-hydrogen) atoms. The fraction of sp³-hybridized carbons (Fsp3) is 0.444. The summed E-state index contributed by atoms with van der Waals surface area (Å²) >= 11 is 0. The van der Waals surface area contributed by atoms with Crippen molar-refractivity contribution < 1.29 is 9.31 Å². The number of halogens is 1. The van der Waals surface area contributed by atoms with Gasteiger partial charge in [-0.25, -0.2) is 4.98 Å². The summed E-state index contributed by atoms with van der Waals surface area (Å²) < 4.78 is 13.5. The van der Waals surface area contributed by atoms with Crippen molar-refractivity contribution in [3.05, 3.63) is 67.1 Å². The van der Waals surface area contributed by atoms with E-state index < -0.39 is 16.4 Å². The van der Waals surface area contributed by atoms with Gasteiger partial charge in [-0.3, -0.25) is 19.8 Å². The Morgan fingerprint density at radius 3 is 2.77 bits per heavy atom. The Kier molecular flexibility index (Phi) is 4.62. The van der Waals surface area contributed by atoms with E-state index in [2.05, 4.69) is 9.97 Å². The second-order valence-corrected chi connectivity index (χ2v) is 7.59. The smallest absolute Gasteiger partial charge is 0.305 e. The van der Waals surface area contributed by atoms with E-state index in [4.69, 9.17) is 0 Å². The number of rotatable bonds is 3. The second kappa shape index (κ2) is 6.60. The monoisotopic (exact) mass is 360 g/mol. The first-order chi connectivity index (χ1) is 12.1. The van der Waals surface area contributed by atoms with Crippen LogP contribution in [0.25, 0.3) is 0 Å². The molecular formula is C18H21FN4O3. The van der Waals surface area contributed by atoms with E-state index >= 15 is 0 Å². The number of hydrogen-bond donors (Lipinski definition) is 1. The van der Waals surface area contributed by atoms with E-state index in [0.29, 0.717) is 43.0 Å². The number of nitrogens with zero attached hydrogens (tertiary/aromatic N) is 3. The SMILES string of the molecule is CC(C)(C)c1nc2c(c(=O)[nH]1)CN(Cc1ccc(F)c([N+](=O)[O-])c1)CC2. The molecule has 0 aliphatic carbocycles. The lowest BCUT2D eigenvalue weighted by Crippen LogP contribution is -2.37. The quantitative estimate of drug-likeness (QED) is 0.671. The van der Waals surface area contributed by atoms with Crippen LogP contribution in [0.15, 0.2) is 23.0 Å². The predicted octanol–water partition coefficient (Wildman–Crippen LogP) is 2.67. The zero-order chi connectivity index (χ0) is 19.1. The summed E-state index contributed by atoms with van der Waals surface area (Å²) in [4.78, 5) is 32.1. The summed E-state index contributed by atoms with van der Waals surface area (Å²) in [5.41, 5.74) is 1.15. The van der Waals surface area contributed by atoms with E-state index in [-0.39, 0.29) is 11.0 Å². The van der Waals surface area contributed by atoms with E-state index in [9.17, 15) is 19.3 Å². The van der Waals surface area contributed by atoms with Gasteiger partial charge in [-0.05, 0) is 11.6 Å². The summed E-state index contributed by atoms with van der Waals surface area (Å²) in [6, 6.07) is 3.88. The van der Waals surface area contributed by atoms with Crippen molar-refractivity contribution >= 4 is 5.69 Å². The van der Waals surface area contributed by atoms with E-state index in [1.807, 2.05) is 25.7 Å². The van der Waals surface area contributed by atoms with Crippen molar-refractivity contribution in [1.82, 2.24) is 14.9 Å². The zero-order valence-electron chi connectivity index (χ0n) is 15.0. The predicted molar refractivity (Wildman–Crippen MR) is 94.4 cm³/mol. The maximum atomic E-state index is 13.5. The Hall–Kier alpha value is -2.61. The molecule has 7 nitrogen and oxygen atoms in total. The van der Waals surface area contributed by atoms with Crippen LogP contribution in [0, 0.1) is 15.9 Å². The van der Waals surface area contributed by atoms with Gasteiger partial charge >= 0.3 is 5.69 Å². The zero-order valence-corrected chi connectivity index (χ0v) is 15.0. The number of nitrogens with one attached hydrogen (secondary N) is 1. The van der Waals surface area contributed by atoms with Crippen molar-refractivity contribution in [3.8, 4) is 0 Å². The average Bonchev–Trinajstić information content (AvgIpc) is 2.56. The molecule has 1 N–H and O–H groups in total. The van der Waals surface area contributed by atoms with Crippen molar-refractivity contribution in [1.29, 1.82) is 0 Å². The fourth-order valence-electron chi connectivity index (χ4n) is 3.03. The van der Waals surface area contributed by atoms with Gasteiger partial charge in [-0.2, -0.15) is 4.39 Å². The highest BCUT2D eigenvalue weighted by Crippen LogP contribution is 2.23. The van der Waals surface area contributed by atoms with Gasteiger partial charge in [0.1, 0.15) is 5.82 Å². The van der Waals surface area contributed by atoms with Crippen LogP contribution in [0.4, 0.5) is 10.1 Å². The number of nitro benzene ring substituents is 1. The lowest BCUT2D eigenvalue weighted by molar-refractivity contribution is -0.387.